The van der Waals surface area contributed by atoms with Crippen molar-refractivity contribution in [2.24, 2.45) is 0 Å². The molecule has 2 rings (SSSR count). The Bertz CT molecular complexity index is 556. The largest absolute Gasteiger partial charge is 0.287 e. The summed E-state index contributed by atoms with van der Waals surface area (Å²) >= 11 is 0. The van der Waals surface area contributed by atoms with Gasteiger partial charge in [-0.05, 0) is 49.6 Å². The average molecular weight is 225 g/mol. The number of ketones is 1. The molecule has 17 heavy (non-hydrogen) atoms. The first-order valence-electron chi connectivity index (χ1n) is 5.62. The summed E-state index contributed by atoms with van der Waals surface area (Å²) in [6.45, 7) is 6.00. The molecule has 0 bridgehead atoms. The lowest BCUT2D eigenvalue weighted by atomic mass is 10.0. The molecule has 0 N–H and O–H groups in total. The molecule has 0 unspecified atom stereocenters. The summed E-state index contributed by atoms with van der Waals surface area (Å²) in [4.78, 5) is 16.3. The van der Waals surface area contributed by atoms with E-state index in [1.165, 1.54) is 5.56 Å². The molecule has 2 heteroatoms. The van der Waals surface area contributed by atoms with E-state index >= 15 is 0 Å². The van der Waals surface area contributed by atoms with Gasteiger partial charge in [0.15, 0.2) is 0 Å². The lowest BCUT2D eigenvalue weighted by Gasteiger charge is -2.04. The first-order valence-corrected chi connectivity index (χ1v) is 5.62. The number of nitrogens with zero attached hydrogens (tertiary/aromatic N) is 1. The molecule has 1 aromatic carbocycles. The highest BCUT2D eigenvalue weighted by atomic mass is 16.1. The molecule has 2 nitrogen and oxygen atoms in total. The van der Waals surface area contributed by atoms with Crippen molar-refractivity contribution in [3.63, 3.8) is 0 Å². The van der Waals surface area contributed by atoms with E-state index in [4.69, 9.17) is 0 Å². The molecule has 0 amide bonds. The normalized spacial score (nSPS) is 10.3. The third-order valence-corrected chi connectivity index (χ3v) is 2.91. The van der Waals surface area contributed by atoms with Crippen LogP contribution in [0.2, 0.25) is 0 Å². The van der Waals surface area contributed by atoms with Gasteiger partial charge in [-0.1, -0.05) is 18.2 Å². The summed E-state index contributed by atoms with van der Waals surface area (Å²) in [6.07, 6.45) is 1.72. The minimum Gasteiger partial charge on any atom is -0.287 e. The van der Waals surface area contributed by atoms with Gasteiger partial charge in [0.05, 0.1) is 0 Å². The van der Waals surface area contributed by atoms with Crippen molar-refractivity contribution in [2.45, 2.75) is 20.8 Å². The van der Waals surface area contributed by atoms with Gasteiger partial charge in [0.1, 0.15) is 5.69 Å². The molecule has 1 heterocycles. The van der Waals surface area contributed by atoms with Crippen LogP contribution in [-0.4, -0.2) is 10.8 Å². The van der Waals surface area contributed by atoms with Crippen LogP contribution in [0.5, 0.6) is 0 Å². The van der Waals surface area contributed by atoms with Crippen molar-refractivity contribution in [2.75, 3.05) is 0 Å². The lowest BCUT2D eigenvalue weighted by molar-refractivity contribution is 0.103. The van der Waals surface area contributed by atoms with Gasteiger partial charge in [-0.25, -0.2) is 0 Å². The van der Waals surface area contributed by atoms with Crippen molar-refractivity contribution in [1.29, 1.82) is 0 Å². The Labute approximate surface area is 101 Å². The van der Waals surface area contributed by atoms with Crippen molar-refractivity contribution in [3.8, 4) is 0 Å². The number of hydrogen-bond donors (Lipinski definition) is 0. The highest BCUT2D eigenvalue weighted by Crippen LogP contribution is 2.13. The number of aryl methyl sites for hydroxylation is 3. The topological polar surface area (TPSA) is 30.0 Å². The lowest BCUT2D eigenvalue weighted by Crippen LogP contribution is -2.04. The molecule has 0 atom stereocenters. The van der Waals surface area contributed by atoms with Gasteiger partial charge >= 0.3 is 0 Å². The number of aromatic nitrogens is 1. The fourth-order valence-electron chi connectivity index (χ4n) is 1.63. The second-order valence-electron chi connectivity index (χ2n) is 4.35. The maximum absolute atomic E-state index is 12.2. The van der Waals surface area contributed by atoms with Crippen LogP contribution in [-0.2, 0) is 0 Å². The van der Waals surface area contributed by atoms with Gasteiger partial charge in [0, 0.05) is 11.8 Å². The average Bonchev–Trinajstić information content (AvgIpc) is 2.33. The zero-order chi connectivity index (χ0) is 12.4. The fraction of sp³-hybridized carbons (Fsp3) is 0.200. The Kier molecular flexibility index (Phi) is 3.05. The van der Waals surface area contributed by atoms with Gasteiger partial charge in [0.2, 0.25) is 5.78 Å². The van der Waals surface area contributed by atoms with Crippen LogP contribution in [0, 0.1) is 20.8 Å². The van der Waals surface area contributed by atoms with E-state index in [1.54, 1.807) is 12.3 Å². The number of carbonyl (C=O) groups is 1. The van der Waals surface area contributed by atoms with Gasteiger partial charge < -0.3 is 0 Å². The fourth-order valence-corrected chi connectivity index (χ4v) is 1.63. The first kappa shape index (κ1) is 11.5. The molecule has 2 aromatic rings. The molecule has 0 aliphatic carbocycles. The first-order chi connectivity index (χ1) is 8.08. The second-order valence-corrected chi connectivity index (χ2v) is 4.35. The minimum atomic E-state index is -0.0203. The van der Waals surface area contributed by atoms with E-state index in [-0.39, 0.29) is 5.78 Å². The van der Waals surface area contributed by atoms with Crippen LogP contribution in [0.15, 0.2) is 36.5 Å². The molecule has 86 valence electrons. The summed E-state index contributed by atoms with van der Waals surface area (Å²) in [5.41, 5.74) is 4.58. The van der Waals surface area contributed by atoms with E-state index in [2.05, 4.69) is 4.98 Å². The Morgan fingerprint density at radius 1 is 1.00 bits per heavy atom. The molecule has 0 radical (unpaired) electrons. The van der Waals surface area contributed by atoms with E-state index < -0.39 is 0 Å². The number of pyridine rings is 1. The van der Waals surface area contributed by atoms with E-state index in [0.29, 0.717) is 11.3 Å². The van der Waals surface area contributed by atoms with Crippen LogP contribution < -0.4 is 0 Å². The summed E-state index contributed by atoms with van der Waals surface area (Å²) in [5, 5.41) is 0. The Morgan fingerprint density at radius 2 is 1.76 bits per heavy atom. The van der Waals surface area contributed by atoms with Crippen LogP contribution in [0.1, 0.15) is 32.7 Å². The zero-order valence-electron chi connectivity index (χ0n) is 10.3. The predicted octanol–water partition coefficient (Wildman–Crippen LogP) is 3.24. The van der Waals surface area contributed by atoms with Crippen molar-refractivity contribution in [1.82, 2.24) is 4.98 Å². The van der Waals surface area contributed by atoms with Gasteiger partial charge in [-0.2, -0.15) is 0 Å². The minimum absolute atomic E-state index is 0.0203. The third-order valence-electron chi connectivity index (χ3n) is 2.91. The molecule has 0 aliphatic heterocycles. The van der Waals surface area contributed by atoms with Crippen LogP contribution in [0.25, 0.3) is 0 Å². The Morgan fingerprint density at radius 3 is 2.35 bits per heavy atom. The molecule has 0 saturated carbocycles. The maximum atomic E-state index is 12.2. The van der Waals surface area contributed by atoms with E-state index in [0.717, 1.165) is 11.1 Å². The molecule has 0 saturated heterocycles. The standard InChI is InChI=1S/C15H15NO/c1-10-4-7-14(16-9-10)15(17)13-6-5-11(2)12(3)8-13/h4-9H,1-3H3. The number of hydrogen-bond acceptors (Lipinski definition) is 2. The molecular weight excluding hydrogens is 210 g/mol. The highest BCUT2D eigenvalue weighted by molar-refractivity contribution is 6.07. The Balaban J connectivity index is 2.37. The summed E-state index contributed by atoms with van der Waals surface area (Å²) < 4.78 is 0. The quantitative estimate of drug-likeness (QED) is 0.734. The SMILES string of the molecule is Cc1ccc(C(=O)c2ccc(C)c(C)c2)nc1. The highest BCUT2D eigenvalue weighted by Gasteiger charge is 2.10. The zero-order valence-corrected chi connectivity index (χ0v) is 10.3. The summed E-state index contributed by atoms with van der Waals surface area (Å²) in [7, 11) is 0. The maximum Gasteiger partial charge on any atom is 0.211 e. The van der Waals surface area contributed by atoms with Crippen molar-refractivity contribution >= 4 is 5.78 Å². The second kappa shape index (κ2) is 4.50. The smallest absolute Gasteiger partial charge is 0.211 e. The van der Waals surface area contributed by atoms with Crippen LogP contribution in [0.4, 0.5) is 0 Å². The number of benzene rings is 1. The number of carbonyl (C=O) groups excluding carboxylic acids is 1. The molecular formula is C15H15NO. The van der Waals surface area contributed by atoms with E-state index in [9.17, 15) is 4.79 Å². The third kappa shape index (κ3) is 2.41. The predicted molar refractivity (Wildman–Crippen MR) is 68.3 cm³/mol. The molecule has 0 aliphatic rings. The monoisotopic (exact) mass is 225 g/mol. The van der Waals surface area contributed by atoms with Gasteiger partial charge in [-0.3, -0.25) is 9.78 Å². The molecule has 1 aromatic heterocycles. The van der Waals surface area contributed by atoms with Crippen LogP contribution >= 0.6 is 0 Å². The molecule has 0 fully saturated rings. The van der Waals surface area contributed by atoms with Crippen molar-refractivity contribution in [3.05, 3.63) is 64.5 Å². The van der Waals surface area contributed by atoms with Crippen LogP contribution in [0.3, 0.4) is 0 Å². The summed E-state index contributed by atoms with van der Waals surface area (Å²) in [5.74, 6) is -0.0203. The van der Waals surface area contributed by atoms with Gasteiger partial charge in [-0.15, -0.1) is 0 Å². The number of rotatable bonds is 2. The molecule has 0 spiro atoms. The Hall–Kier alpha value is -1.96. The summed E-state index contributed by atoms with van der Waals surface area (Å²) in [6, 6.07) is 9.41. The van der Waals surface area contributed by atoms with E-state index in [1.807, 2.05) is 45.0 Å². The van der Waals surface area contributed by atoms with Crippen molar-refractivity contribution < 1.29 is 4.79 Å². The van der Waals surface area contributed by atoms with Gasteiger partial charge in [0.25, 0.3) is 0 Å².